The standard InChI is InChI=1S/C30H34N4O2S/c31-15-6-5-14-27-30(36)34(20-22-10-7-9-21-8-1-2-11-24(21)22)16-17-37-28(29(35)33-27)18-23-19-32-26-13-4-3-12-25(23)26/h1-4,7-13,19,27-28,32H,5-6,14-18,20,31H2,(H,33,35)/t27-,28+/m1/s1. The van der Waals surface area contributed by atoms with Crippen molar-refractivity contribution in [1.82, 2.24) is 15.2 Å². The van der Waals surface area contributed by atoms with Crippen molar-refractivity contribution in [1.29, 1.82) is 0 Å². The molecule has 1 aliphatic heterocycles. The zero-order valence-electron chi connectivity index (χ0n) is 21.0. The zero-order valence-corrected chi connectivity index (χ0v) is 21.8. The number of aromatic nitrogens is 1. The first kappa shape index (κ1) is 25.4. The van der Waals surface area contributed by atoms with Gasteiger partial charge in [-0.25, -0.2) is 0 Å². The number of fused-ring (bicyclic) bond motifs is 2. The van der Waals surface area contributed by atoms with Gasteiger partial charge in [-0.05, 0) is 60.2 Å². The first-order valence-electron chi connectivity index (χ1n) is 13.1. The zero-order chi connectivity index (χ0) is 25.6. The number of hydrogen-bond donors (Lipinski definition) is 3. The van der Waals surface area contributed by atoms with Crippen molar-refractivity contribution < 1.29 is 9.59 Å². The van der Waals surface area contributed by atoms with Gasteiger partial charge in [-0.1, -0.05) is 60.7 Å². The highest BCUT2D eigenvalue weighted by atomic mass is 32.2. The van der Waals surface area contributed by atoms with Crippen LogP contribution < -0.4 is 11.1 Å². The van der Waals surface area contributed by atoms with Crippen LogP contribution in [0, 0.1) is 0 Å². The molecule has 7 heteroatoms. The van der Waals surface area contributed by atoms with Gasteiger partial charge < -0.3 is 20.9 Å². The predicted octanol–water partition coefficient (Wildman–Crippen LogP) is 4.62. The molecule has 0 unspecified atom stereocenters. The number of para-hydroxylation sites is 1. The molecule has 1 aromatic heterocycles. The van der Waals surface area contributed by atoms with Crippen LogP contribution in [-0.4, -0.2) is 51.8 Å². The third-order valence-corrected chi connectivity index (χ3v) is 8.37. The highest BCUT2D eigenvalue weighted by Crippen LogP contribution is 2.26. The molecule has 6 nitrogen and oxygen atoms in total. The van der Waals surface area contributed by atoms with E-state index in [1.165, 1.54) is 0 Å². The van der Waals surface area contributed by atoms with Crippen molar-refractivity contribution in [3.8, 4) is 0 Å². The maximum absolute atomic E-state index is 13.8. The number of nitrogens with one attached hydrogen (secondary N) is 2. The molecular weight excluding hydrogens is 480 g/mol. The van der Waals surface area contributed by atoms with Gasteiger partial charge in [-0.2, -0.15) is 0 Å². The summed E-state index contributed by atoms with van der Waals surface area (Å²) in [4.78, 5) is 32.5. The smallest absolute Gasteiger partial charge is 0.245 e. The number of nitrogens with zero attached hydrogens (tertiary/aromatic N) is 1. The van der Waals surface area contributed by atoms with E-state index in [1.54, 1.807) is 11.8 Å². The number of benzene rings is 3. The lowest BCUT2D eigenvalue weighted by Crippen LogP contribution is -2.49. The van der Waals surface area contributed by atoms with Crippen LogP contribution in [0.25, 0.3) is 21.7 Å². The fraction of sp³-hybridized carbons (Fsp3) is 0.333. The molecule has 1 fully saturated rings. The molecule has 0 spiro atoms. The van der Waals surface area contributed by atoms with Crippen molar-refractivity contribution in [2.24, 2.45) is 5.73 Å². The topological polar surface area (TPSA) is 91.2 Å². The Kier molecular flexibility index (Phi) is 8.12. The Labute approximate surface area is 222 Å². The van der Waals surface area contributed by atoms with Crippen molar-refractivity contribution in [2.45, 2.75) is 43.5 Å². The summed E-state index contributed by atoms with van der Waals surface area (Å²) in [6, 6.07) is 22.1. The molecule has 2 heterocycles. The summed E-state index contributed by atoms with van der Waals surface area (Å²) >= 11 is 1.64. The van der Waals surface area contributed by atoms with E-state index in [1.807, 2.05) is 47.5 Å². The van der Waals surface area contributed by atoms with Gasteiger partial charge in [0.1, 0.15) is 6.04 Å². The van der Waals surface area contributed by atoms with Crippen molar-refractivity contribution in [3.63, 3.8) is 0 Å². The first-order chi connectivity index (χ1) is 18.1. The number of H-pyrrole nitrogens is 1. The highest BCUT2D eigenvalue weighted by molar-refractivity contribution is 8.00. The third-order valence-electron chi connectivity index (χ3n) is 7.17. The highest BCUT2D eigenvalue weighted by Gasteiger charge is 2.31. The van der Waals surface area contributed by atoms with Gasteiger partial charge in [0.2, 0.25) is 11.8 Å². The summed E-state index contributed by atoms with van der Waals surface area (Å²) in [5.41, 5.74) is 9.04. The van der Waals surface area contributed by atoms with E-state index in [0.29, 0.717) is 38.2 Å². The molecule has 2 atom stereocenters. The molecule has 192 valence electrons. The van der Waals surface area contributed by atoms with Gasteiger partial charge in [-0.15, -0.1) is 11.8 Å². The molecule has 0 bridgehead atoms. The Hall–Kier alpha value is -3.29. The molecule has 0 aliphatic carbocycles. The van der Waals surface area contributed by atoms with Gasteiger partial charge in [-0.3, -0.25) is 9.59 Å². The van der Waals surface area contributed by atoms with Crippen LogP contribution in [-0.2, 0) is 22.6 Å². The van der Waals surface area contributed by atoms with E-state index < -0.39 is 6.04 Å². The Morgan fingerprint density at radius 3 is 2.57 bits per heavy atom. The molecule has 3 aromatic carbocycles. The minimum Gasteiger partial charge on any atom is -0.361 e. The molecule has 37 heavy (non-hydrogen) atoms. The van der Waals surface area contributed by atoms with Crippen LogP contribution in [0.2, 0.25) is 0 Å². The maximum Gasteiger partial charge on any atom is 0.245 e. The van der Waals surface area contributed by atoms with Gasteiger partial charge in [0.25, 0.3) is 0 Å². The van der Waals surface area contributed by atoms with Crippen LogP contribution in [0.3, 0.4) is 0 Å². The Morgan fingerprint density at radius 2 is 1.70 bits per heavy atom. The number of carbonyl (C=O) groups is 2. The maximum atomic E-state index is 13.8. The second-order valence-electron chi connectivity index (χ2n) is 9.67. The lowest BCUT2D eigenvalue weighted by Gasteiger charge is -2.27. The second kappa shape index (κ2) is 11.8. The van der Waals surface area contributed by atoms with Crippen LogP contribution in [0.5, 0.6) is 0 Å². The molecule has 4 N–H and O–H groups in total. The van der Waals surface area contributed by atoms with Crippen LogP contribution in [0.15, 0.2) is 72.9 Å². The molecule has 4 aromatic rings. The number of nitrogens with two attached hydrogens (primary N) is 1. The monoisotopic (exact) mass is 514 g/mol. The lowest BCUT2D eigenvalue weighted by molar-refractivity contribution is -0.136. The number of unbranched alkanes of at least 4 members (excludes halogenated alkanes) is 1. The minimum absolute atomic E-state index is 0.00773. The Morgan fingerprint density at radius 1 is 0.919 bits per heavy atom. The van der Waals surface area contributed by atoms with Crippen molar-refractivity contribution in [3.05, 3.63) is 84.1 Å². The summed E-state index contributed by atoms with van der Waals surface area (Å²) in [6.07, 6.45) is 4.85. The summed E-state index contributed by atoms with van der Waals surface area (Å²) in [5, 5.41) is 6.33. The normalized spacial score (nSPS) is 19.0. The average Bonchev–Trinajstić information content (AvgIpc) is 3.35. The predicted molar refractivity (Wildman–Crippen MR) is 152 cm³/mol. The summed E-state index contributed by atoms with van der Waals surface area (Å²) in [6.45, 7) is 1.70. The van der Waals surface area contributed by atoms with Gasteiger partial charge in [0, 0.05) is 35.9 Å². The number of hydrogen-bond acceptors (Lipinski definition) is 4. The molecule has 1 aliphatic rings. The van der Waals surface area contributed by atoms with E-state index in [2.05, 4.69) is 40.6 Å². The molecule has 2 amide bonds. The van der Waals surface area contributed by atoms with Crippen LogP contribution >= 0.6 is 11.8 Å². The number of carbonyl (C=O) groups excluding carboxylic acids is 2. The first-order valence-corrected chi connectivity index (χ1v) is 14.1. The fourth-order valence-corrected chi connectivity index (χ4v) is 6.30. The van der Waals surface area contributed by atoms with E-state index in [9.17, 15) is 9.59 Å². The largest absolute Gasteiger partial charge is 0.361 e. The van der Waals surface area contributed by atoms with Crippen molar-refractivity contribution in [2.75, 3.05) is 18.8 Å². The second-order valence-corrected chi connectivity index (χ2v) is 11.0. The van der Waals surface area contributed by atoms with Crippen molar-refractivity contribution >= 4 is 45.3 Å². The van der Waals surface area contributed by atoms with E-state index in [-0.39, 0.29) is 17.1 Å². The average molecular weight is 515 g/mol. The van der Waals surface area contributed by atoms with E-state index >= 15 is 0 Å². The SMILES string of the molecule is NCCCC[C@H]1NC(=O)[C@H](Cc2c[nH]c3ccccc23)SCCN(Cc2cccc3ccccc23)C1=O. The lowest BCUT2D eigenvalue weighted by atomic mass is 10.0. The fourth-order valence-electron chi connectivity index (χ4n) is 5.17. The molecule has 5 rings (SSSR count). The molecular formula is C30H34N4O2S. The Bertz CT molecular complexity index is 1380. The minimum atomic E-state index is -0.543. The number of amides is 2. The number of rotatable bonds is 8. The summed E-state index contributed by atoms with van der Waals surface area (Å²) in [7, 11) is 0. The molecule has 0 saturated carbocycles. The molecule has 0 radical (unpaired) electrons. The van der Waals surface area contributed by atoms with Gasteiger partial charge >= 0.3 is 0 Å². The van der Waals surface area contributed by atoms with Crippen LogP contribution in [0.4, 0.5) is 0 Å². The Balaban J connectivity index is 1.39. The molecule has 1 saturated heterocycles. The quantitative estimate of drug-likeness (QED) is 0.299. The number of aromatic amines is 1. The van der Waals surface area contributed by atoms with E-state index in [0.717, 1.165) is 45.6 Å². The summed E-state index contributed by atoms with van der Waals surface area (Å²) < 4.78 is 0. The van der Waals surface area contributed by atoms with Gasteiger partial charge in [0.15, 0.2) is 0 Å². The number of thioether (sulfide) groups is 1. The van der Waals surface area contributed by atoms with Crippen LogP contribution in [0.1, 0.15) is 30.4 Å². The summed E-state index contributed by atoms with van der Waals surface area (Å²) in [5.74, 6) is 0.631. The van der Waals surface area contributed by atoms with E-state index in [4.69, 9.17) is 5.73 Å². The van der Waals surface area contributed by atoms with Gasteiger partial charge in [0.05, 0.1) is 5.25 Å². The third kappa shape index (κ3) is 5.84.